The molecule has 2 aromatic rings. The Morgan fingerprint density at radius 1 is 0.760 bits per heavy atom. The van der Waals surface area contributed by atoms with Gasteiger partial charge in [-0.25, -0.2) is 0 Å². The third kappa shape index (κ3) is 4.08. The number of hydrogen-bond donors (Lipinski definition) is 2. The second kappa shape index (κ2) is 6.71. The summed E-state index contributed by atoms with van der Waals surface area (Å²) in [5, 5.41) is 5.85. The summed E-state index contributed by atoms with van der Waals surface area (Å²) >= 11 is 0. The van der Waals surface area contributed by atoms with Crippen molar-refractivity contribution >= 4 is 23.2 Å². The van der Waals surface area contributed by atoms with E-state index in [1.54, 1.807) is 0 Å². The molecule has 0 spiro atoms. The van der Waals surface area contributed by atoms with Crippen LogP contribution in [0.5, 0.6) is 0 Å². The summed E-state index contributed by atoms with van der Waals surface area (Å²) in [6.07, 6.45) is 0.604. The topological polar surface area (TPSA) is 58.2 Å². The lowest BCUT2D eigenvalue weighted by Gasteiger charge is -2.09. The molecule has 0 aromatic heterocycles. The summed E-state index contributed by atoms with van der Waals surface area (Å²) in [6.45, 7) is 8.05. The molecule has 1 aliphatic rings. The average Bonchev–Trinajstić information content (AvgIpc) is 3.30. The number of rotatable bonds is 4. The molecule has 2 unspecified atom stereocenters. The van der Waals surface area contributed by atoms with Crippen molar-refractivity contribution in [2.75, 3.05) is 10.6 Å². The molecular weight excluding hydrogens is 312 g/mol. The van der Waals surface area contributed by atoms with E-state index in [1.165, 1.54) is 5.56 Å². The highest BCUT2D eigenvalue weighted by Crippen LogP contribution is 2.40. The number of carbonyl (C=O) groups is 2. The van der Waals surface area contributed by atoms with E-state index >= 15 is 0 Å². The van der Waals surface area contributed by atoms with E-state index < -0.39 is 0 Å². The summed E-state index contributed by atoms with van der Waals surface area (Å²) in [7, 11) is 0. The first-order valence-electron chi connectivity index (χ1n) is 8.61. The van der Waals surface area contributed by atoms with Crippen LogP contribution in [0.2, 0.25) is 0 Å². The molecule has 3 rings (SSSR count). The molecule has 2 amide bonds. The molecule has 1 saturated carbocycles. The normalized spacial score (nSPS) is 18.6. The van der Waals surface area contributed by atoms with Crippen molar-refractivity contribution in [3.8, 4) is 0 Å². The second-order valence-corrected chi connectivity index (χ2v) is 7.10. The maximum Gasteiger partial charge on any atom is 0.228 e. The van der Waals surface area contributed by atoms with Crippen molar-refractivity contribution in [2.24, 2.45) is 11.8 Å². The molecule has 2 aromatic carbocycles. The molecule has 4 nitrogen and oxygen atoms in total. The van der Waals surface area contributed by atoms with Crippen LogP contribution in [0.1, 0.15) is 28.7 Å². The standard InChI is InChI=1S/C21H24N2O2/c1-12-7-13(2)9-17(8-12)23-21(25)19-11-18(19)20(24)22-16-6-5-14(3)15(4)10-16/h5-10,18-19H,11H2,1-4H3,(H,22,24)(H,23,25). The van der Waals surface area contributed by atoms with Gasteiger partial charge in [-0.1, -0.05) is 12.1 Å². The van der Waals surface area contributed by atoms with Gasteiger partial charge in [0.25, 0.3) is 0 Å². The SMILES string of the molecule is Cc1cc(C)cc(NC(=O)C2CC2C(=O)Nc2ccc(C)c(C)c2)c1. The summed E-state index contributed by atoms with van der Waals surface area (Å²) in [4.78, 5) is 24.7. The smallest absolute Gasteiger partial charge is 0.228 e. The number of aryl methyl sites for hydroxylation is 4. The van der Waals surface area contributed by atoms with Gasteiger partial charge in [0, 0.05) is 11.4 Å². The Balaban J connectivity index is 1.58. The zero-order chi connectivity index (χ0) is 18.1. The van der Waals surface area contributed by atoms with E-state index in [-0.39, 0.29) is 23.7 Å². The largest absolute Gasteiger partial charge is 0.326 e. The quantitative estimate of drug-likeness (QED) is 0.882. The molecule has 0 radical (unpaired) electrons. The third-order valence-corrected chi connectivity index (χ3v) is 4.73. The third-order valence-electron chi connectivity index (χ3n) is 4.73. The number of anilines is 2. The fraction of sp³-hybridized carbons (Fsp3) is 0.333. The summed E-state index contributed by atoms with van der Waals surface area (Å²) in [6, 6.07) is 11.8. The zero-order valence-corrected chi connectivity index (χ0v) is 15.1. The van der Waals surface area contributed by atoms with Crippen LogP contribution in [0.25, 0.3) is 0 Å². The minimum absolute atomic E-state index is 0.0785. The van der Waals surface area contributed by atoms with E-state index in [1.807, 2.05) is 58.0 Å². The van der Waals surface area contributed by atoms with Crippen molar-refractivity contribution in [3.63, 3.8) is 0 Å². The predicted octanol–water partition coefficient (Wildman–Crippen LogP) is 4.13. The lowest BCUT2D eigenvalue weighted by Crippen LogP contribution is -2.20. The summed E-state index contributed by atoms with van der Waals surface area (Å²) in [5.74, 6) is -0.644. The van der Waals surface area contributed by atoms with Crippen molar-refractivity contribution in [3.05, 3.63) is 58.7 Å². The van der Waals surface area contributed by atoms with E-state index in [0.717, 1.165) is 28.1 Å². The summed E-state index contributed by atoms with van der Waals surface area (Å²) < 4.78 is 0. The molecule has 130 valence electrons. The van der Waals surface area contributed by atoms with Gasteiger partial charge in [-0.2, -0.15) is 0 Å². The fourth-order valence-corrected chi connectivity index (χ4v) is 3.11. The molecule has 1 aliphatic carbocycles. The maximum atomic E-state index is 12.4. The minimum atomic E-state index is -0.243. The predicted molar refractivity (Wildman–Crippen MR) is 101 cm³/mol. The van der Waals surface area contributed by atoms with Crippen molar-refractivity contribution in [2.45, 2.75) is 34.1 Å². The first-order valence-corrected chi connectivity index (χ1v) is 8.61. The van der Waals surface area contributed by atoms with Gasteiger partial charge in [0.05, 0.1) is 11.8 Å². The molecule has 25 heavy (non-hydrogen) atoms. The van der Waals surface area contributed by atoms with Crippen LogP contribution in [-0.4, -0.2) is 11.8 Å². The van der Waals surface area contributed by atoms with Crippen LogP contribution in [0.3, 0.4) is 0 Å². The Hall–Kier alpha value is -2.62. The van der Waals surface area contributed by atoms with Gasteiger partial charge in [-0.3, -0.25) is 9.59 Å². The molecule has 1 fully saturated rings. The second-order valence-electron chi connectivity index (χ2n) is 7.10. The molecule has 0 bridgehead atoms. The molecule has 0 saturated heterocycles. The Morgan fingerprint density at radius 3 is 1.88 bits per heavy atom. The molecule has 4 heteroatoms. The average molecular weight is 336 g/mol. The first kappa shape index (κ1) is 17.2. The van der Waals surface area contributed by atoms with E-state index in [0.29, 0.717) is 6.42 Å². The van der Waals surface area contributed by atoms with Crippen LogP contribution < -0.4 is 10.6 Å². The number of nitrogens with one attached hydrogen (secondary N) is 2. The Labute approximate surface area is 148 Å². The number of benzene rings is 2. The lowest BCUT2D eigenvalue weighted by atomic mass is 10.1. The first-order chi connectivity index (χ1) is 11.8. The number of carbonyl (C=O) groups excluding carboxylic acids is 2. The van der Waals surface area contributed by atoms with Crippen LogP contribution in [-0.2, 0) is 9.59 Å². The van der Waals surface area contributed by atoms with Gasteiger partial charge in [0.1, 0.15) is 0 Å². The monoisotopic (exact) mass is 336 g/mol. The molecular formula is C21H24N2O2. The zero-order valence-electron chi connectivity index (χ0n) is 15.1. The number of amides is 2. The Morgan fingerprint density at radius 2 is 1.32 bits per heavy atom. The van der Waals surface area contributed by atoms with Gasteiger partial charge >= 0.3 is 0 Å². The number of hydrogen-bond acceptors (Lipinski definition) is 2. The van der Waals surface area contributed by atoms with Crippen LogP contribution in [0.15, 0.2) is 36.4 Å². The molecule has 0 aliphatic heterocycles. The highest BCUT2D eigenvalue weighted by Gasteiger charge is 2.48. The lowest BCUT2D eigenvalue weighted by molar-refractivity contribution is -0.122. The van der Waals surface area contributed by atoms with Crippen LogP contribution >= 0.6 is 0 Å². The molecule has 2 atom stereocenters. The van der Waals surface area contributed by atoms with Gasteiger partial charge in [-0.05, 0) is 80.6 Å². The van der Waals surface area contributed by atoms with E-state index in [9.17, 15) is 9.59 Å². The van der Waals surface area contributed by atoms with Crippen LogP contribution in [0, 0.1) is 39.5 Å². The van der Waals surface area contributed by atoms with E-state index in [4.69, 9.17) is 0 Å². The minimum Gasteiger partial charge on any atom is -0.326 e. The van der Waals surface area contributed by atoms with Crippen molar-refractivity contribution in [1.82, 2.24) is 0 Å². The summed E-state index contributed by atoms with van der Waals surface area (Å²) in [5.41, 5.74) is 6.12. The van der Waals surface area contributed by atoms with Gasteiger partial charge < -0.3 is 10.6 Å². The van der Waals surface area contributed by atoms with Gasteiger partial charge in [0.15, 0.2) is 0 Å². The van der Waals surface area contributed by atoms with Crippen molar-refractivity contribution in [1.29, 1.82) is 0 Å². The molecule has 0 heterocycles. The Kier molecular flexibility index (Phi) is 4.62. The highest BCUT2D eigenvalue weighted by molar-refractivity contribution is 6.03. The van der Waals surface area contributed by atoms with Crippen LogP contribution in [0.4, 0.5) is 11.4 Å². The fourth-order valence-electron chi connectivity index (χ4n) is 3.11. The Bertz CT molecular complexity index is 822. The maximum absolute atomic E-state index is 12.4. The van der Waals surface area contributed by atoms with E-state index in [2.05, 4.69) is 16.7 Å². The van der Waals surface area contributed by atoms with Gasteiger partial charge in [0.2, 0.25) is 11.8 Å². The van der Waals surface area contributed by atoms with Crippen molar-refractivity contribution < 1.29 is 9.59 Å². The molecule has 2 N–H and O–H groups in total. The highest BCUT2D eigenvalue weighted by atomic mass is 16.2. The van der Waals surface area contributed by atoms with Gasteiger partial charge in [-0.15, -0.1) is 0 Å².